The first kappa shape index (κ1) is 17.2. The Morgan fingerprint density at radius 3 is 2.26 bits per heavy atom. The van der Waals surface area contributed by atoms with Crippen LogP contribution >= 0.6 is 0 Å². The van der Waals surface area contributed by atoms with Crippen LogP contribution in [0.5, 0.6) is 0 Å². The summed E-state index contributed by atoms with van der Waals surface area (Å²) in [6.07, 6.45) is 0.622. The first-order chi connectivity index (χ1) is 11.0. The van der Waals surface area contributed by atoms with Gasteiger partial charge in [0.25, 0.3) is 0 Å². The first-order valence-corrected chi connectivity index (χ1v) is 7.93. The summed E-state index contributed by atoms with van der Waals surface area (Å²) in [6, 6.07) is 14.0. The summed E-state index contributed by atoms with van der Waals surface area (Å²) in [5.74, 6) is -0.226. The molecule has 0 amide bonds. The Kier molecular flexibility index (Phi) is 5.94. The summed E-state index contributed by atoms with van der Waals surface area (Å²) in [5, 5.41) is 3.36. The quantitative estimate of drug-likeness (QED) is 0.830. The molecule has 0 unspecified atom stereocenters. The molecule has 0 aliphatic heterocycles. The van der Waals surface area contributed by atoms with E-state index in [2.05, 4.69) is 38.2 Å². The Morgan fingerprint density at radius 2 is 1.70 bits per heavy atom. The normalized spacial score (nSPS) is 12.0. The summed E-state index contributed by atoms with van der Waals surface area (Å²) >= 11 is 0. The van der Waals surface area contributed by atoms with Gasteiger partial charge in [-0.1, -0.05) is 48.0 Å². The van der Waals surface area contributed by atoms with E-state index in [0.29, 0.717) is 13.0 Å². The van der Waals surface area contributed by atoms with Crippen molar-refractivity contribution in [2.45, 2.75) is 39.8 Å². The SMILES string of the molecule is COC(=O)[C@H](Cc1ccccc1)NCc1c(C)cc(C)cc1C. The van der Waals surface area contributed by atoms with Crippen LogP contribution < -0.4 is 5.32 Å². The van der Waals surface area contributed by atoms with Gasteiger partial charge in [0.15, 0.2) is 0 Å². The Morgan fingerprint density at radius 1 is 1.09 bits per heavy atom. The third kappa shape index (κ3) is 4.67. The number of ether oxygens (including phenoxy) is 1. The molecular weight excluding hydrogens is 286 g/mol. The van der Waals surface area contributed by atoms with Crippen molar-refractivity contribution in [1.29, 1.82) is 0 Å². The summed E-state index contributed by atoms with van der Waals surface area (Å²) in [4.78, 5) is 12.1. The molecule has 0 fully saturated rings. The van der Waals surface area contributed by atoms with Crippen LogP contribution in [0, 0.1) is 20.8 Å². The largest absolute Gasteiger partial charge is 0.468 e. The summed E-state index contributed by atoms with van der Waals surface area (Å²) < 4.78 is 4.95. The van der Waals surface area contributed by atoms with E-state index >= 15 is 0 Å². The molecule has 0 bridgehead atoms. The highest BCUT2D eigenvalue weighted by atomic mass is 16.5. The Hall–Kier alpha value is -2.13. The maximum Gasteiger partial charge on any atom is 0.323 e. The van der Waals surface area contributed by atoms with Gasteiger partial charge in [0.05, 0.1) is 7.11 Å². The topological polar surface area (TPSA) is 38.3 Å². The highest BCUT2D eigenvalue weighted by Crippen LogP contribution is 2.16. The number of carbonyl (C=O) groups is 1. The fraction of sp³-hybridized carbons (Fsp3) is 0.350. The lowest BCUT2D eigenvalue weighted by Crippen LogP contribution is -2.39. The van der Waals surface area contributed by atoms with E-state index in [1.165, 1.54) is 29.4 Å². The molecule has 3 nitrogen and oxygen atoms in total. The van der Waals surface area contributed by atoms with Crippen LogP contribution in [0.15, 0.2) is 42.5 Å². The molecule has 0 heterocycles. The molecule has 2 aromatic rings. The summed E-state index contributed by atoms with van der Waals surface area (Å²) in [7, 11) is 1.43. The molecule has 1 N–H and O–H groups in total. The zero-order valence-electron chi connectivity index (χ0n) is 14.3. The highest BCUT2D eigenvalue weighted by Gasteiger charge is 2.19. The van der Waals surface area contributed by atoms with Gasteiger partial charge in [-0.3, -0.25) is 10.1 Å². The van der Waals surface area contributed by atoms with Crippen molar-refractivity contribution in [2.24, 2.45) is 0 Å². The lowest BCUT2D eigenvalue weighted by Gasteiger charge is -2.19. The number of hydrogen-bond donors (Lipinski definition) is 1. The van der Waals surface area contributed by atoms with E-state index in [9.17, 15) is 4.79 Å². The average Bonchev–Trinajstić information content (AvgIpc) is 2.53. The number of carbonyl (C=O) groups excluding carboxylic acids is 1. The fourth-order valence-corrected chi connectivity index (χ4v) is 2.94. The number of nitrogens with one attached hydrogen (secondary N) is 1. The summed E-state index contributed by atoms with van der Waals surface area (Å²) in [6.45, 7) is 6.98. The smallest absolute Gasteiger partial charge is 0.323 e. The van der Waals surface area contributed by atoms with Crippen LogP contribution in [-0.4, -0.2) is 19.1 Å². The van der Waals surface area contributed by atoms with Crippen LogP contribution in [0.1, 0.15) is 27.8 Å². The number of hydrogen-bond acceptors (Lipinski definition) is 3. The number of rotatable bonds is 6. The highest BCUT2D eigenvalue weighted by molar-refractivity contribution is 5.76. The van der Waals surface area contributed by atoms with E-state index in [1.807, 2.05) is 30.3 Å². The van der Waals surface area contributed by atoms with Gasteiger partial charge in [-0.05, 0) is 49.4 Å². The van der Waals surface area contributed by atoms with Gasteiger partial charge < -0.3 is 4.74 Å². The van der Waals surface area contributed by atoms with Crippen molar-refractivity contribution in [1.82, 2.24) is 5.32 Å². The number of methoxy groups -OCH3 is 1. The molecule has 3 heteroatoms. The predicted molar refractivity (Wildman–Crippen MR) is 93.4 cm³/mol. The number of benzene rings is 2. The standard InChI is InChI=1S/C20H25NO2/c1-14-10-15(2)18(16(3)11-14)13-21-19(20(22)23-4)12-17-8-6-5-7-9-17/h5-11,19,21H,12-13H2,1-4H3/t19-/m0/s1. The molecule has 0 aliphatic rings. The monoisotopic (exact) mass is 311 g/mol. The summed E-state index contributed by atoms with van der Waals surface area (Å²) in [5.41, 5.74) is 6.12. The molecule has 2 aromatic carbocycles. The van der Waals surface area contributed by atoms with Gasteiger partial charge in [0.1, 0.15) is 6.04 Å². The molecule has 0 spiro atoms. The minimum absolute atomic E-state index is 0.226. The van der Waals surface area contributed by atoms with Crippen molar-refractivity contribution < 1.29 is 9.53 Å². The minimum Gasteiger partial charge on any atom is -0.468 e. The lowest BCUT2D eigenvalue weighted by molar-refractivity contribution is -0.143. The third-order valence-electron chi connectivity index (χ3n) is 4.13. The second-order valence-corrected chi connectivity index (χ2v) is 6.02. The Balaban J connectivity index is 2.11. The predicted octanol–water partition coefficient (Wildman–Crippen LogP) is 3.49. The fourth-order valence-electron chi connectivity index (χ4n) is 2.94. The van der Waals surface area contributed by atoms with E-state index in [1.54, 1.807) is 0 Å². The maximum absolute atomic E-state index is 12.1. The van der Waals surface area contributed by atoms with Gasteiger partial charge in [-0.2, -0.15) is 0 Å². The minimum atomic E-state index is -0.345. The van der Waals surface area contributed by atoms with Crippen molar-refractivity contribution >= 4 is 5.97 Å². The van der Waals surface area contributed by atoms with Crippen LogP contribution in [0.2, 0.25) is 0 Å². The van der Waals surface area contributed by atoms with Gasteiger partial charge in [0, 0.05) is 6.54 Å². The molecule has 0 saturated carbocycles. The van der Waals surface area contributed by atoms with Crippen molar-refractivity contribution in [3.05, 3.63) is 70.3 Å². The molecule has 122 valence electrons. The number of aryl methyl sites for hydroxylation is 3. The second-order valence-electron chi connectivity index (χ2n) is 6.02. The average molecular weight is 311 g/mol. The van der Waals surface area contributed by atoms with Crippen molar-refractivity contribution in [3.8, 4) is 0 Å². The van der Waals surface area contributed by atoms with E-state index in [-0.39, 0.29) is 12.0 Å². The van der Waals surface area contributed by atoms with Crippen molar-refractivity contribution in [2.75, 3.05) is 7.11 Å². The van der Waals surface area contributed by atoms with E-state index in [0.717, 1.165) is 5.56 Å². The first-order valence-electron chi connectivity index (χ1n) is 7.93. The molecule has 0 aliphatic carbocycles. The Labute approximate surface area is 138 Å². The van der Waals surface area contributed by atoms with Crippen molar-refractivity contribution in [3.63, 3.8) is 0 Å². The van der Waals surface area contributed by atoms with E-state index < -0.39 is 0 Å². The molecule has 0 saturated heterocycles. The van der Waals surface area contributed by atoms with Crippen LogP contribution in [0.25, 0.3) is 0 Å². The third-order valence-corrected chi connectivity index (χ3v) is 4.13. The molecule has 1 atom stereocenters. The molecule has 0 aromatic heterocycles. The zero-order valence-corrected chi connectivity index (χ0v) is 14.3. The van der Waals surface area contributed by atoms with Gasteiger partial charge in [0.2, 0.25) is 0 Å². The molecular formula is C20H25NO2. The molecule has 23 heavy (non-hydrogen) atoms. The maximum atomic E-state index is 12.1. The van der Waals surface area contributed by atoms with Crippen LogP contribution in [0.4, 0.5) is 0 Å². The number of esters is 1. The molecule has 0 radical (unpaired) electrons. The second kappa shape index (κ2) is 7.93. The lowest BCUT2D eigenvalue weighted by atomic mass is 9.99. The van der Waals surface area contributed by atoms with E-state index in [4.69, 9.17) is 4.74 Å². The van der Waals surface area contributed by atoms with Crippen LogP contribution in [-0.2, 0) is 22.5 Å². The van der Waals surface area contributed by atoms with Gasteiger partial charge in [-0.15, -0.1) is 0 Å². The molecule has 2 rings (SSSR count). The van der Waals surface area contributed by atoms with Gasteiger partial charge >= 0.3 is 5.97 Å². The van der Waals surface area contributed by atoms with Gasteiger partial charge in [-0.25, -0.2) is 0 Å². The van der Waals surface area contributed by atoms with Crippen LogP contribution in [0.3, 0.4) is 0 Å². The zero-order chi connectivity index (χ0) is 16.8. The Bertz CT molecular complexity index is 642.